The van der Waals surface area contributed by atoms with Gasteiger partial charge in [-0.2, -0.15) is 0 Å². The molecule has 0 aliphatic heterocycles. The first-order chi connectivity index (χ1) is 9.13. The molecule has 1 fully saturated rings. The normalized spacial score (nSPS) is 13.7. The maximum atomic E-state index is 11.4. The van der Waals surface area contributed by atoms with Gasteiger partial charge in [0, 0.05) is 10.5 Å². The Morgan fingerprint density at radius 1 is 1.21 bits per heavy atom. The number of nitrogens with one attached hydrogen (secondary N) is 1. The monoisotopic (exact) mass is 327 g/mol. The van der Waals surface area contributed by atoms with Crippen LogP contribution in [-0.2, 0) is 14.3 Å². The van der Waals surface area contributed by atoms with E-state index < -0.39 is 5.97 Å². The SMILES string of the molecule is O=C(COC(=O)COc1ccc(Br)cc1)NC1CC1. The first-order valence-electron chi connectivity index (χ1n) is 5.97. The molecule has 1 N–H and O–H groups in total. The van der Waals surface area contributed by atoms with E-state index in [4.69, 9.17) is 9.47 Å². The third-order valence-corrected chi connectivity index (χ3v) is 3.01. The molecule has 2 rings (SSSR count). The summed E-state index contributed by atoms with van der Waals surface area (Å²) in [5.41, 5.74) is 0. The zero-order valence-corrected chi connectivity index (χ0v) is 11.8. The van der Waals surface area contributed by atoms with Crippen LogP contribution in [0.3, 0.4) is 0 Å². The van der Waals surface area contributed by atoms with Crippen LogP contribution < -0.4 is 10.1 Å². The smallest absolute Gasteiger partial charge is 0.344 e. The second kappa shape index (κ2) is 6.56. The Labute approximate surface area is 119 Å². The topological polar surface area (TPSA) is 64.6 Å². The second-order valence-electron chi connectivity index (χ2n) is 4.25. The summed E-state index contributed by atoms with van der Waals surface area (Å²) in [4.78, 5) is 22.6. The van der Waals surface area contributed by atoms with Gasteiger partial charge in [0.1, 0.15) is 5.75 Å². The largest absolute Gasteiger partial charge is 0.482 e. The van der Waals surface area contributed by atoms with E-state index in [-0.39, 0.29) is 25.2 Å². The highest BCUT2D eigenvalue weighted by Gasteiger charge is 2.23. The van der Waals surface area contributed by atoms with Crippen molar-refractivity contribution in [1.29, 1.82) is 0 Å². The molecule has 102 valence electrons. The lowest BCUT2D eigenvalue weighted by Gasteiger charge is -2.07. The fraction of sp³-hybridized carbons (Fsp3) is 0.385. The Bertz CT molecular complexity index is 456. The summed E-state index contributed by atoms with van der Waals surface area (Å²) in [6, 6.07) is 7.35. The number of hydrogen-bond acceptors (Lipinski definition) is 4. The van der Waals surface area contributed by atoms with Crippen molar-refractivity contribution in [1.82, 2.24) is 5.32 Å². The van der Waals surface area contributed by atoms with Crippen LogP contribution in [0.4, 0.5) is 0 Å². The van der Waals surface area contributed by atoms with Crippen LogP contribution in [0.15, 0.2) is 28.7 Å². The summed E-state index contributed by atoms with van der Waals surface area (Å²) >= 11 is 3.30. The Balaban J connectivity index is 1.63. The van der Waals surface area contributed by atoms with Gasteiger partial charge in [-0.15, -0.1) is 0 Å². The Hall–Kier alpha value is -1.56. The predicted octanol–water partition coefficient (Wildman–Crippen LogP) is 1.65. The quantitative estimate of drug-likeness (QED) is 0.807. The molecule has 0 heterocycles. The maximum Gasteiger partial charge on any atom is 0.344 e. The van der Waals surface area contributed by atoms with Gasteiger partial charge in [-0.05, 0) is 37.1 Å². The van der Waals surface area contributed by atoms with E-state index in [0.717, 1.165) is 17.3 Å². The van der Waals surface area contributed by atoms with Gasteiger partial charge in [0.05, 0.1) is 0 Å². The Morgan fingerprint density at radius 2 is 1.89 bits per heavy atom. The maximum absolute atomic E-state index is 11.4. The van der Waals surface area contributed by atoms with Gasteiger partial charge in [-0.1, -0.05) is 15.9 Å². The minimum absolute atomic E-state index is 0.210. The van der Waals surface area contributed by atoms with Crippen LogP contribution in [-0.4, -0.2) is 31.1 Å². The van der Waals surface area contributed by atoms with Crippen LogP contribution in [0.2, 0.25) is 0 Å². The first-order valence-corrected chi connectivity index (χ1v) is 6.76. The van der Waals surface area contributed by atoms with E-state index in [1.807, 2.05) is 12.1 Å². The molecule has 0 aromatic heterocycles. The third kappa shape index (κ3) is 5.30. The number of carbonyl (C=O) groups excluding carboxylic acids is 2. The molecule has 0 radical (unpaired) electrons. The van der Waals surface area contributed by atoms with Crippen molar-refractivity contribution in [2.45, 2.75) is 18.9 Å². The van der Waals surface area contributed by atoms with Gasteiger partial charge >= 0.3 is 5.97 Å². The van der Waals surface area contributed by atoms with Crippen molar-refractivity contribution in [2.24, 2.45) is 0 Å². The molecule has 1 aromatic carbocycles. The van der Waals surface area contributed by atoms with E-state index in [1.54, 1.807) is 12.1 Å². The molecule has 1 aliphatic carbocycles. The number of rotatable bonds is 6. The van der Waals surface area contributed by atoms with Gasteiger partial charge in [-0.25, -0.2) is 4.79 Å². The van der Waals surface area contributed by atoms with Gasteiger partial charge in [-0.3, -0.25) is 4.79 Å². The highest BCUT2D eigenvalue weighted by atomic mass is 79.9. The van der Waals surface area contributed by atoms with Gasteiger partial charge < -0.3 is 14.8 Å². The fourth-order valence-electron chi connectivity index (χ4n) is 1.36. The van der Waals surface area contributed by atoms with Crippen LogP contribution in [0.1, 0.15) is 12.8 Å². The minimum Gasteiger partial charge on any atom is -0.482 e. The number of carbonyl (C=O) groups is 2. The van der Waals surface area contributed by atoms with Crippen LogP contribution in [0.25, 0.3) is 0 Å². The highest BCUT2D eigenvalue weighted by Crippen LogP contribution is 2.18. The zero-order chi connectivity index (χ0) is 13.7. The molecule has 1 amide bonds. The fourth-order valence-corrected chi connectivity index (χ4v) is 1.62. The number of ether oxygens (including phenoxy) is 2. The van der Waals surface area contributed by atoms with E-state index in [0.29, 0.717) is 5.75 Å². The second-order valence-corrected chi connectivity index (χ2v) is 5.16. The van der Waals surface area contributed by atoms with Crippen LogP contribution >= 0.6 is 15.9 Å². The molecule has 0 atom stereocenters. The van der Waals surface area contributed by atoms with Crippen molar-refractivity contribution < 1.29 is 19.1 Å². The standard InChI is InChI=1S/C13H14BrNO4/c14-9-1-5-11(6-2-9)18-8-13(17)19-7-12(16)15-10-3-4-10/h1-2,5-6,10H,3-4,7-8H2,(H,15,16). The number of esters is 1. The molecule has 0 bridgehead atoms. The molecule has 5 nitrogen and oxygen atoms in total. The van der Waals surface area contributed by atoms with Gasteiger partial charge in [0.25, 0.3) is 5.91 Å². The molecule has 1 aliphatic rings. The van der Waals surface area contributed by atoms with Crippen LogP contribution in [0.5, 0.6) is 5.75 Å². The lowest BCUT2D eigenvalue weighted by atomic mass is 10.3. The van der Waals surface area contributed by atoms with Crippen molar-refractivity contribution in [3.63, 3.8) is 0 Å². The molecule has 0 spiro atoms. The average Bonchev–Trinajstić information content (AvgIpc) is 3.19. The minimum atomic E-state index is -0.561. The van der Waals surface area contributed by atoms with Crippen molar-refractivity contribution in [3.8, 4) is 5.75 Å². The molecular formula is C13H14BrNO4. The molecule has 1 saturated carbocycles. The lowest BCUT2D eigenvalue weighted by Crippen LogP contribution is -2.31. The van der Waals surface area contributed by atoms with E-state index >= 15 is 0 Å². The average molecular weight is 328 g/mol. The van der Waals surface area contributed by atoms with Crippen molar-refractivity contribution in [2.75, 3.05) is 13.2 Å². The molecular weight excluding hydrogens is 314 g/mol. The summed E-state index contributed by atoms with van der Waals surface area (Å²) in [6.45, 7) is -0.461. The zero-order valence-electron chi connectivity index (χ0n) is 10.2. The summed E-state index contributed by atoms with van der Waals surface area (Å²) in [5.74, 6) is -0.254. The lowest BCUT2D eigenvalue weighted by molar-refractivity contribution is -0.150. The van der Waals surface area contributed by atoms with E-state index in [1.165, 1.54) is 0 Å². The van der Waals surface area contributed by atoms with E-state index in [9.17, 15) is 9.59 Å². The Kier molecular flexibility index (Phi) is 4.79. The van der Waals surface area contributed by atoms with Gasteiger partial charge in [0.2, 0.25) is 0 Å². The third-order valence-electron chi connectivity index (χ3n) is 2.48. The number of amides is 1. The first kappa shape index (κ1) is 13.9. The molecule has 19 heavy (non-hydrogen) atoms. The molecule has 0 unspecified atom stereocenters. The van der Waals surface area contributed by atoms with Crippen molar-refractivity contribution in [3.05, 3.63) is 28.7 Å². The summed E-state index contributed by atoms with van der Waals surface area (Å²) in [5, 5.41) is 2.73. The Morgan fingerprint density at radius 3 is 2.53 bits per heavy atom. The van der Waals surface area contributed by atoms with Gasteiger partial charge in [0.15, 0.2) is 13.2 Å². The summed E-state index contributed by atoms with van der Waals surface area (Å²) in [7, 11) is 0. The van der Waals surface area contributed by atoms with Crippen molar-refractivity contribution >= 4 is 27.8 Å². The number of halogens is 1. The molecule has 0 saturated heterocycles. The summed E-state index contributed by atoms with van der Waals surface area (Å²) in [6.07, 6.45) is 2.01. The van der Waals surface area contributed by atoms with E-state index in [2.05, 4.69) is 21.2 Å². The molecule has 1 aromatic rings. The highest BCUT2D eigenvalue weighted by molar-refractivity contribution is 9.10. The molecule has 6 heteroatoms. The number of hydrogen-bond donors (Lipinski definition) is 1. The summed E-state index contributed by atoms with van der Waals surface area (Å²) < 4.78 is 10.9. The van der Waals surface area contributed by atoms with Crippen LogP contribution in [0, 0.1) is 0 Å². The predicted molar refractivity (Wildman–Crippen MR) is 71.8 cm³/mol. The number of benzene rings is 1.